The van der Waals surface area contributed by atoms with Gasteiger partial charge in [0.25, 0.3) is 11.8 Å². The molecule has 16 heteroatoms. The molecule has 4 rings (SSSR count). The molecule has 2 aliphatic rings. The van der Waals surface area contributed by atoms with Crippen LogP contribution in [0.4, 0.5) is 0 Å². The quantitative estimate of drug-likeness (QED) is 0.0928. The zero-order valence-electron chi connectivity index (χ0n) is 24.4. The fourth-order valence-electron chi connectivity index (χ4n) is 4.77. The molecule has 1 aromatic heterocycles. The summed E-state index contributed by atoms with van der Waals surface area (Å²) in [5, 5.41) is 12.9. The molecule has 3 heterocycles. The van der Waals surface area contributed by atoms with Gasteiger partial charge in [0.1, 0.15) is 23.4 Å². The number of carbonyl (C=O) groups excluding carboxylic acids is 5. The SMILES string of the molecule is CC(=O)OC(C)OC(=O)C1=C(CSc2ncns2)CS[C@H]2C(NC(=O)C(O)c3ccccc3C(=O)[C@@H](N)CC(C)C)C(=O)N12. The van der Waals surface area contributed by atoms with Gasteiger partial charge < -0.3 is 25.6 Å². The van der Waals surface area contributed by atoms with Crippen molar-refractivity contribution < 1.29 is 38.6 Å². The Bertz CT molecular complexity index is 1450. The molecule has 2 aromatic rings. The van der Waals surface area contributed by atoms with E-state index in [0.29, 0.717) is 27.8 Å². The number of aromatic nitrogens is 2. The van der Waals surface area contributed by atoms with E-state index in [1.807, 2.05) is 13.8 Å². The van der Waals surface area contributed by atoms with Crippen molar-refractivity contribution in [1.29, 1.82) is 0 Å². The van der Waals surface area contributed by atoms with Crippen LogP contribution in [0.5, 0.6) is 0 Å². The standard InChI is InChI=1S/C28H33N5O8S3/c1-13(2)9-19(29)22(35)17-7-5-6-8-18(17)23(36)24(37)32-20-25(38)33-21(27(39)41-15(4)40-14(3)34)16(10-42-26(20)33)11-43-28-30-12-31-44-28/h5-8,12-13,15,19-20,23,26,36H,9-11,29H2,1-4H3,(H,32,37)/t15?,19-,20?,23?,26-/m0/s1. The van der Waals surface area contributed by atoms with Crippen LogP contribution in [-0.2, 0) is 28.7 Å². The minimum absolute atomic E-state index is 0.00380. The number of β-lactam (4-membered cyclic amide) rings is 1. The molecule has 1 aromatic carbocycles. The number of esters is 2. The first kappa shape index (κ1) is 33.6. The third-order valence-corrected chi connectivity index (χ3v) is 9.91. The predicted octanol–water partition coefficient (Wildman–Crippen LogP) is 2.03. The van der Waals surface area contributed by atoms with Gasteiger partial charge in [0, 0.05) is 36.5 Å². The normalized spacial score (nSPS) is 19.9. The summed E-state index contributed by atoms with van der Waals surface area (Å²) in [5.74, 6) is -2.57. The number of aliphatic hydroxyl groups excluding tert-OH is 1. The zero-order valence-corrected chi connectivity index (χ0v) is 26.9. The average Bonchev–Trinajstić information content (AvgIpc) is 3.50. The van der Waals surface area contributed by atoms with Crippen molar-refractivity contribution in [3.05, 3.63) is 53.0 Å². The van der Waals surface area contributed by atoms with Crippen LogP contribution in [0, 0.1) is 5.92 Å². The first-order valence-electron chi connectivity index (χ1n) is 13.7. The summed E-state index contributed by atoms with van der Waals surface area (Å²) in [6.45, 7) is 6.43. The summed E-state index contributed by atoms with van der Waals surface area (Å²) in [5.41, 5.74) is 6.89. The van der Waals surface area contributed by atoms with Gasteiger partial charge in [0.2, 0.25) is 6.29 Å². The Kier molecular flexibility index (Phi) is 11.2. The highest BCUT2D eigenvalue weighted by atomic mass is 32.2. The number of nitrogens with one attached hydrogen (secondary N) is 1. The molecule has 4 N–H and O–H groups in total. The van der Waals surface area contributed by atoms with Crippen molar-refractivity contribution >= 4 is 64.6 Å². The first-order chi connectivity index (χ1) is 20.9. The van der Waals surface area contributed by atoms with Crippen molar-refractivity contribution in [3.63, 3.8) is 0 Å². The summed E-state index contributed by atoms with van der Waals surface area (Å²) in [7, 11) is 0. The maximum atomic E-state index is 13.4. The van der Waals surface area contributed by atoms with E-state index in [1.54, 1.807) is 12.1 Å². The van der Waals surface area contributed by atoms with E-state index in [2.05, 4.69) is 14.7 Å². The van der Waals surface area contributed by atoms with Crippen molar-refractivity contribution in [1.82, 2.24) is 19.6 Å². The number of hydrogen-bond donors (Lipinski definition) is 3. The molecular weight excluding hydrogens is 631 g/mol. The van der Waals surface area contributed by atoms with Gasteiger partial charge in [-0.2, -0.15) is 4.37 Å². The van der Waals surface area contributed by atoms with Crippen LogP contribution in [-0.4, -0.2) is 84.2 Å². The van der Waals surface area contributed by atoms with E-state index in [9.17, 15) is 29.1 Å². The van der Waals surface area contributed by atoms with E-state index < -0.39 is 59.4 Å². The maximum absolute atomic E-state index is 13.4. The number of ether oxygens (including phenoxy) is 2. The number of amides is 2. The number of carbonyl (C=O) groups is 5. The fraction of sp³-hybridized carbons (Fsp3) is 0.464. The third-order valence-electron chi connectivity index (χ3n) is 6.69. The monoisotopic (exact) mass is 663 g/mol. The first-order valence-corrected chi connectivity index (χ1v) is 16.5. The Hall–Kier alpha value is -3.31. The van der Waals surface area contributed by atoms with Crippen LogP contribution in [0.25, 0.3) is 0 Å². The molecular formula is C28H33N5O8S3. The molecule has 0 radical (unpaired) electrons. The predicted molar refractivity (Wildman–Crippen MR) is 163 cm³/mol. The van der Waals surface area contributed by atoms with Crippen molar-refractivity contribution in [2.45, 2.75) is 68.3 Å². The summed E-state index contributed by atoms with van der Waals surface area (Å²) in [6.07, 6.45) is -1.10. The molecule has 0 bridgehead atoms. The summed E-state index contributed by atoms with van der Waals surface area (Å²) in [6, 6.07) is 4.31. The van der Waals surface area contributed by atoms with Crippen LogP contribution < -0.4 is 11.1 Å². The van der Waals surface area contributed by atoms with Crippen LogP contribution in [0.15, 0.2) is 46.2 Å². The zero-order chi connectivity index (χ0) is 32.1. The van der Waals surface area contributed by atoms with Gasteiger partial charge >= 0.3 is 11.9 Å². The molecule has 3 unspecified atom stereocenters. The van der Waals surface area contributed by atoms with Gasteiger partial charge in [0.15, 0.2) is 16.2 Å². The number of fused-ring (bicyclic) bond motifs is 1. The molecule has 2 aliphatic heterocycles. The number of benzene rings is 1. The molecule has 0 saturated carbocycles. The molecule has 1 fully saturated rings. The van der Waals surface area contributed by atoms with E-state index in [0.717, 1.165) is 0 Å². The summed E-state index contributed by atoms with van der Waals surface area (Å²) in [4.78, 5) is 69.6. The second kappa shape index (κ2) is 14.6. The molecule has 236 valence electrons. The van der Waals surface area contributed by atoms with Gasteiger partial charge in [-0.25, -0.2) is 9.78 Å². The molecule has 2 amide bonds. The number of hydrogen-bond acceptors (Lipinski definition) is 14. The topological polar surface area (TPSA) is 191 Å². The summed E-state index contributed by atoms with van der Waals surface area (Å²) < 4.78 is 14.9. The van der Waals surface area contributed by atoms with Crippen molar-refractivity contribution in [2.75, 3.05) is 11.5 Å². The van der Waals surface area contributed by atoms with Gasteiger partial charge in [-0.3, -0.25) is 24.1 Å². The lowest BCUT2D eigenvalue weighted by atomic mass is 9.91. The number of Topliss-reactive ketones (excluding diaryl/α,β-unsaturated/α-hetero) is 1. The molecule has 5 atom stereocenters. The van der Waals surface area contributed by atoms with E-state index in [1.165, 1.54) is 72.3 Å². The van der Waals surface area contributed by atoms with E-state index in [-0.39, 0.29) is 22.7 Å². The summed E-state index contributed by atoms with van der Waals surface area (Å²) >= 11 is 3.85. The van der Waals surface area contributed by atoms with Gasteiger partial charge in [0.05, 0.1) is 6.04 Å². The number of thioether (sulfide) groups is 2. The number of nitrogens with zero attached hydrogens (tertiary/aromatic N) is 3. The molecule has 13 nitrogen and oxygen atoms in total. The molecule has 44 heavy (non-hydrogen) atoms. The maximum Gasteiger partial charge on any atom is 0.358 e. The van der Waals surface area contributed by atoms with Crippen LogP contribution in [0.1, 0.15) is 56.1 Å². The van der Waals surface area contributed by atoms with Crippen LogP contribution in [0.3, 0.4) is 0 Å². The smallest absolute Gasteiger partial charge is 0.358 e. The van der Waals surface area contributed by atoms with Gasteiger partial charge in [-0.05, 0) is 29.4 Å². The Balaban J connectivity index is 1.51. The number of aliphatic hydroxyl groups is 1. The largest absolute Gasteiger partial charge is 0.426 e. The fourth-order valence-corrected chi connectivity index (χ4v) is 7.70. The molecule has 0 aliphatic carbocycles. The minimum atomic E-state index is -1.75. The molecule has 0 spiro atoms. The lowest BCUT2D eigenvalue weighted by Gasteiger charge is -2.50. The van der Waals surface area contributed by atoms with E-state index in [4.69, 9.17) is 15.2 Å². The van der Waals surface area contributed by atoms with E-state index >= 15 is 0 Å². The molecule has 1 saturated heterocycles. The third kappa shape index (κ3) is 7.66. The average molecular weight is 664 g/mol. The second-order valence-corrected chi connectivity index (χ2v) is 13.6. The van der Waals surface area contributed by atoms with Crippen LogP contribution in [0.2, 0.25) is 0 Å². The van der Waals surface area contributed by atoms with Crippen molar-refractivity contribution in [3.8, 4) is 0 Å². The Morgan fingerprint density at radius 3 is 2.59 bits per heavy atom. The Labute approximate surface area is 266 Å². The van der Waals surface area contributed by atoms with Gasteiger partial charge in [-0.1, -0.05) is 49.9 Å². The highest BCUT2D eigenvalue weighted by molar-refractivity contribution is 8.01. The number of rotatable bonds is 13. The number of nitrogens with two attached hydrogens (primary N) is 1. The van der Waals surface area contributed by atoms with Crippen LogP contribution >= 0.6 is 35.1 Å². The lowest BCUT2D eigenvalue weighted by molar-refractivity contribution is -0.182. The van der Waals surface area contributed by atoms with Crippen molar-refractivity contribution in [2.24, 2.45) is 11.7 Å². The van der Waals surface area contributed by atoms with Gasteiger partial charge in [-0.15, -0.1) is 11.8 Å². The Morgan fingerprint density at radius 1 is 1.20 bits per heavy atom. The second-order valence-electron chi connectivity index (χ2n) is 10.5. The Morgan fingerprint density at radius 2 is 1.93 bits per heavy atom. The number of ketones is 1. The lowest BCUT2D eigenvalue weighted by Crippen LogP contribution is -2.71. The minimum Gasteiger partial charge on any atom is -0.426 e. The highest BCUT2D eigenvalue weighted by Gasteiger charge is 2.55. The highest BCUT2D eigenvalue weighted by Crippen LogP contribution is 2.42.